The second-order valence-corrected chi connectivity index (χ2v) is 2.98. The molecule has 0 radical (unpaired) electrons. The molecule has 0 fully saturated rings. The van der Waals surface area contributed by atoms with Crippen LogP contribution in [0.1, 0.15) is 5.56 Å². The maximum Gasteiger partial charge on any atom is 1.00 e. The molecule has 0 amide bonds. The van der Waals surface area contributed by atoms with Crippen LogP contribution in [0.5, 0.6) is 0 Å². The number of benzene rings is 1. The molecule has 1 N–H and O–H groups in total. The molecule has 0 aliphatic heterocycles. The Morgan fingerprint density at radius 3 is 2.17 bits per heavy atom. The third kappa shape index (κ3) is 3.35. The predicted molar refractivity (Wildman–Crippen MR) is 39.6 cm³/mol. The Morgan fingerprint density at radius 1 is 1.33 bits per heavy atom. The van der Waals surface area contributed by atoms with E-state index in [9.17, 15) is 8.76 Å². The van der Waals surface area contributed by atoms with Gasteiger partial charge in [0.15, 0.2) is 0 Å². The van der Waals surface area contributed by atoms with Crippen LogP contribution in [-0.4, -0.2) is 13.9 Å². The fraction of sp³-hybridized carbons (Fsp3) is 0.143. The zero-order valence-corrected chi connectivity index (χ0v) is 9.50. The zero-order valence-electron chi connectivity index (χ0n) is 6.69. The van der Waals surface area contributed by atoms with E-state index in [0.717, 1.165) is 0 Å². The molecule has 1 aromatic rings. The molecule has 0 saturated heterocycles. The maximum atomic E-state index is 10.3. The van der Waals surface area contributed by atoms with Crippen molar-refractivity contribution in [3.63, 3.8) is 0 Å². The first kappa shape index (κ1) is 12.3. The second kappa shape index (κ2) is 5.85. The van der Waals surface area contributed by atoms with Crippen molar-refractivity contribution < 1.29 is 43.4 Å². The summed E-state index contributed by atoms with van der Waals surface area (Å²) >= 11 is -2.17. The van der Waals surface area contributed by atoms with Crippen LogP contribution in [0.3, 0.4) is 0 Å². The predicted octanol–water partition coefficient (Wildman–Crippen LogP) is -2.58. The van der Waals surface area contributed by atoms with E-state index in [0.29, 0.717) is 5.56 Å². The van der Waals surface area contributed by atoms with Gasteiger partial charge < -0.3 is 9.66 Å². The van der Waals surface area contributed by atoms with Gasteiger partial charge in [-0.2, -0.15) is 0 Å². The summed E-state index contributed by atoms with van der Waals surface area (Å²) in [4.78, 5) is 0.238. The molecule has 0 heterocycles. The Balaban J connectivity index is 0.00000121. The summed E-state index contributed by atoms with van der Waals surface area (Å²) in [6, 6.07) is 6.06. The van der Waals surface area contributed by atoms with Crippen LogP contribution in [0.15, 0.2) is 29.2 Å². The van der Waals surface area contributed by atoms with Gasteiger partial charge in [-0.15, -0.1) is 0 Å². The van der Waals surface area contributed by atoms with Crippen LogP contribution < -0.4 is 29.6 Å². The van der Waals surface area contributed by atoms with Crippen molar-refractivity contribution in [3.05, 3.63) is 29.8 Å². The van der Waals surface area contributed by atoms with Gasteiger partial charge in [0.1, 0.15) is 0 Å². The minimum atomic E-state index is -2.17. The van der Waals surface area contributed by atoms with Crippen LogP contribution in [0, 0.1) is 0 Å². The summed E-state index contributed by atoms with van der Waals surface area (Å²) in [5.74, 6) is 0. The van der Waals surface area contributed by atoms with Gasteiger partial charge in [-0.3, -0.25) is 4.21 Å². The molecular weight excluding hydrogens is 187 g/mol. The van der Waals surface area contributed by atoms with Gasteiger partial charge in [0.2, 0.25) is 0 Å². The van der Waals surface area contributed by atoms with E-state index in [-0.39, 0.29) is 41.1 Å². The molecular formula is C7H7NaO3S. The third-order valence-electron chi connectivity index (χ3n) is 1.30. The van der Waals surface area contributed by atoms with E-state index in [1.807, 2.05) is 0 Å². The standard InChI is InChI=1S/C7H8O3S.Na/c8-5-6-1-3-7(4-2-6)11(9)10;/h1-4,8H,5H2,(H,9,10);/q;+1/p-1. The average molecular weight is 194 g/mol. The summed E-state index contributed by atoms with van der Waals surface area (Å²) in [6.07, 6.45) is 0. The first-order valence-electron chi connectivity index (χ1n) is 3.03. The van der Waals surface area contributed by atoms with Gasteiger partial charge in [-0.05, 0) is 28.8 Å². The van der Waals surface area contributed by atoms with Gasteiger partial charge in [-0.1, -0.05) is 12.1 Å². The molecule has 1 unspecified atom stereocenters. The molecule has 3 nitrogen and oxygen atoms in total. The zero-order chi connectivity index (χ0) is 8.27. The van der Waals surface area contributed by atoms with Crippen molar-refractivity contribution in [2.45, 2.75) is 11.5 Å². The minimum absolute atomic E-state index is 0. The Morgan fingerprint density at radius 2 is 1.83 bits per heavy atom. The van der Waals surface area contributed by atoms with E-state index >= 15 is 0 Å². The quantitative estimate of drug-likeness (QED) is 0.415. The molecule has 60 valence electrons. The second-order valence-electron chi connectivity index (χ2n) is 2.04. The number of aliphatic hydroxyl groups excluding tert-OH is 1. The van der Waals surface area contributed by atoms with E-state index < -0.39 is 11.1 Å². The SMILES string of the molecule is O=S([O-])c1ccc(CO)cc1.[Na+]. The van der Waals surface area contributed by atoms with E-state index in [1.54, 1.807) is 12.1 Å². The molecule has 1 atom stereocenters. The normalized spacial score (nSPS) is 11.8. The fourth-order valence-electron chi connectivity index (χ4n) is 0.706. The monoisotopic (exact) mass is 194 g/mol. The molecule has 0 aromatic heterocycles. The maximum absolute atomic E-state index is 10.3. The van der Waals surface area contributed by atoms with Crippen LogP contribution in [0.25, 0.3) is 0 Å². The average Bonchev–Trinajstić information content (AvgIpc) is 2.05. The summed E-state index contributed by atoms with van der Waals surface area (Å²) in [7, 11) is 0. The smallest absolute Gasteiger partial charge is 0.768 e. The first-order chi connectivity index (χ1) is 5.24. The van der Waals surface area contributed by atoms with Gasteiger partial charge in [0, 0.05) is 4.90 Å². The van der Waals surface area contributed by atoms with Crippen molar-refractivity contribution in [2.75, 3.05) is 0 Å². The van der Waals surface area contributed by atoms with E-state index in [1.165, 1.54) is 12.1 Å². The Kier molecular flexibility index (Phi) is 6.00. The number of hydrogen-bond acceptors (Lipinski definition) is 3. The molecule has 0 saturated carbocycles. The summed E-state index contributed by atoms with van der Waals surface area (Å²) in [5, 5.41) is 8.61. The summed E-state index contributed by atoms with van der Waals surface area (Å²) in [6.45, 7) is -0.0637. The summed E-state index contributed by atoms with van der Waals surface area (Å²) in [5.41, 5.74) is 0.708. The van der Waals surface area contributed by atoms with Crippen LogP contribution >= 0.6 is 0 Å². The summed E-state index contributed by atoms with van der Waals surface area (Å²) < 4.78 is 20.7. The van der Waals surface area contributed by atoms with E-state index in [4.69, 9.17) is 5.11 Å². The molecule has 5 heteroatoms. The van der Waals surface area contributed by atoms with Gasteiger partial charge in [-0.25, -0.2) is 0 Å². The fourth-order valence-corrected chi connectivity index (χ4v) is 1.06. The Labute approximate surface area is 95.4 Å². The molecule has 0 aliphatic rings. The number of rotatable bonds is 2. The van der Waals surface area contributed by atoms with Crippen molar-refractivity contribution in [1.82, 2.24) is 0 Å². The number of aliphatic hydroxyl groups is 1. The first-order valence-corrected chi connectivity index (χ1v) is 4.10. The van der Waals surface area contributed by atoms with Gasteiger partial charge >= 0.3 is 29.6 Å². The van der Waals surface area contributed by atoms with Crippen molar-refractivity contribution in [2.24, 2.45) is 0 Å². The molecule has 12 heavy (non-hydrogen) atoms. The molecule has 1 rings (SSSR count). The van der Waals surface area contributed by atoms with E-state index in [2.05, 4.69) is 0 Å². The number of hydrogen-bond donors (Lipinski definition) is 1. The molecule has 1 aromatic carbocycles. The molecule has 0 aliphatic carbocycles. The minimum Gasteiger partial charge on any atom is -0.768 e. The molecule has 0 spiro atoms. The van der Waals surface area contributed by atoms with Crippen LogP contribution in [0.4, 0.5) is 0 Å². The topological polar surface area (TPSA) is 60.4 Å². The molecule has 0 bridgehead atoms. The third-order valence-corrected chi connectivity index (χ3v) is 1.96. The largest absolute Gasteiger partial charge is 1.00 e. The van der Waals surface area contributed by atoms with Gasteiger partial charge in [0.05, 0.1) is 6.61 Å². The van der Waals surface area contributed by atoms with Crippen molar-refractivity contribution in [3.8, 4) is 0 Å². The van der Waals surface area contributed by atoms with Crippen molar-refractivity contribution >= 4 is 11.1 Å². The van der Waals surface area contributed by atoms with Crippen LogP contribution in [0.2, 0.25) is 0 Å². The van der Waals surface area contributed by atoms with Gasteiger partial charge in [0.25, 0.3) is 0 Å². The Hall–Kier alpha value is 0.290. The Bertz CT molecular complexity index is 260. The van der Waals surface area contributed by atoms with Crippen LogP contribution in [-0.2, 0) is 17.7 Å². The van der Waals surface area contributed by atoms with Crippen molar-refractivity contribution in [1.29, 1.82) is 0 Å².